The van der Waals surface area contributed by atoms with E-state index in [0.29, 0.717) is 0 Å². The van der Waals surface area contributed by atoms with E-state index in [-0.39, 0.29) is 22.7 Å². The largest absolute Gasteiger partial charge is 0.477 e. The van der Waals surface area contributed by atoms with Crippen LogP contribution in [0, 0.1) is 0 Å². The Hall–Kier alpha value is -1.33. The number of hydrogen-bond acceptors (Lipinski definition) is 4. The first kappa shape index (κ1) is 13.1. The number of carboxylic acid groups (broad SMARTS) is 1. The molecule has 0 aromatic carbocycles. The number of carbonyl (C=O) groups is 1. The van der Waals surface area contributed by atoms with E-state index in [4.69, 9.17) is 21.4 Å². The normalized spacial score (nSPS) is 17.7. The molecule has 1 fully saturated rings. The molecule has 18 heavy (non-hydrogen) atoms. The Morgan fingerprint density at radius 2 is 2.17 bits per heavy atom. The molecule has 0 spiro atoms. The fraction of sp³-hybridized carbons (Fsp3) is 0.500. The van der Waals surface area contributed by atoms with Gasteiger partial charge in [-0.2, -0.15) is 0 Å². The van der Waals surface area contributed by atoms with E-state index in [1.54, 1.807) is 0 Å². The van der Waals surface area contributed by atoms with Gasteiger partial charge in [0.2, 0.25) is 5.88 Å². The van der Waals surface area contributed by atoms with E-state index in [1.807, 2.05) is 0 Å². The Morgan fingerprint density at radius 1 is 1.50 bits per heavy atom. The molecule has 0 unspecified atom stereocenters. The van der Waals surface area contributed by atoms with Crippen LogP contribution in [0.15, 0.2) is 12.1 Å². The molecule has 1 aliphatic rings. The molecule has 0 atom stereocenters. The van der Waals surface area contributed by atoms with Gasteiger partial charge < -0.3 is 14.7 Å². The summed E-state index contributed by atoms with van der Waals surface area (Å²) in [4.78, 5) is 17.2. The molecular formula is C12H15ClN2O3. The fourth-order valence-corrected chi connectivity index (χ4v) is 2.07. The minimum atomic E-state index is -1.05. The van der Waals surface area contributed by atoms with Crippen LogP contribution < -0.4 is 4.74 Å². The van der Waals surface area contributed by atoms with Crippen LogP contribution >= 0.6 is 11.6 Å². The van der Waals surface area contributed by atoms with E-state index in [2.05, 4.69) is 16.9 Å². The fourth-order valence-electron chi connectivity index (χ4n) is 1.93. The van der Waals surface area contributed by atoms with Gasteiger partial charge >= 0.3 is 5.97 Å². The number of aromatic nitrogens is 1. The zero-order valence-corrected chi connectivity index (χ0v) is 10.9. The number of nitrogens with zero attached hydrogens (tertiary/aromatic N) is 2. The molecule has 1 N–H and O–H groups in total. The first-order chi connectivity index (χ1) is 8.56. The monoisotopic (exact) mass is 270 g/mol. The predicted molar refractivity (Wildman–Crippen MR) is 67.4 cm³/mol. The van der Waals surface area contributed by atoms with Gasteiger partial charge in [-0.15, -0.1) is 0 Å². The average molecular weight is 271 g/mol. The lowest BCUT2D eigenvalue weighted by Crippen LogP contribution is -2.36. The summed E-state index contributed by atoms with van der Waals surface area (Å²) in [5, 5.41) is 9.30. The summed E-state index contributed by atoms with van der Waals surface area (Å²) in [6, 6.07) is 2.87. The van der Waals surface area contributed by atoms with Gasteiger partial charge in [0.05, 0.1) is 0 Å². The molecule has 0 amide bonds. The third-order valence-electron chi connectivity index (χ3n) is 3.00. The van der Waals surface area contributed by atoms with Crippen molar-refractivity contribution in [3.63, 3.8) is 0 Å². The minimum Gasteiger partial charge on any atom is -0.477 e. The number of halogens is 1. The van der Waals surface area contributed by atoms with Crippen LogP contribution in [0.1, 0.15) is 23.2 Å². The average Bonchev–Trinajstić information content (AvgIpc) is 2.32. The number of rotatable bonds is 3. The standard InChI is InChI=1S/C12H15ClN2O3/c1-15-6-4-8(5-7-15)18-11-9(12(16)17)2-3-10(13)14-11/h2-3,8H,4-7H2,1H3,(H,16,17). The predicted octanol–water partition coefficient (Wildman–Crippen LogP) is 1.91. The van der Waals surface area contributed by atoms with Crippen molar-refractivity contribution < 1.29 is 14.6 Å². The molecule has 1 aromatic heterocycles. The molecule has 5 nitrogen and oxygen atoms in total. The zero-order valence-electron chi connectivity index (χ0n) is 10.1. The Labute approximate surface area is 110 Å². The van der Waals surface area contributed by atoms with Crippen molar-refractivity contribution in [3.05, 3.63) is 22.8 Å². The van der Waals surface area contributed by atoms with E-state index < -0.39 is 5.97 Å². The third kappa shape index (κ3) is 3.11. The molecule has 2 heterocycles. The molecule has 98 valence electrons. The van der Waals surface area contributed by atoms with Gasteiger partial charge in [-0.25, -0.2) is 9.78 Å². The van der Waals surface area contributed by atoms with Crippen molar-refractivity contribution in [1.82, 2.24) is 9.88 Å². The van der Waals surface area contributed by atoms with Gasteiger partial charge in [0, 0.05) is 13.1 Å². The molecule has 0 bridgehead atoms. The van der Waals surface area contributed by atoms with Crippen LogP contribution in [0.4, 0.5) is 0 Å². The molecule has 0 saturated carbocycles. The number of piperidine rings is 1. The summed E-state index contributed by atoms with van der Waals surface area (Å²) in [6.07, 6.45) is 1.73. The van der Waals surface area contributed by atoms with Crippen LogP contribution in [0.25, 0.3) is 0 Å². The zero-order chi connectivity index (χ0) is 13.1. The van der Waals surface area contributed by atoms with E-state index in [1.165, 1.54) is 12.1 Å². The molecule has 1 aliphatic heterocycles. The van der Waals surface area contributed by atoms with Crippen molar-refractivity contribution in [2.24, 2.45) is 0 Å². The number of aromatic carboxylic acids is 1. The number of pyridine rings is 1. The summed E-state index contributed by atoms with van der Waals surface area (Å²) < 4.78 is 5.67. The number of ether oxygens (including phenoxy) is 1. The molecule has 6 heteroatoms. The van der Waals surface area contributed by atoms with E-state index >= 15 is 0 Å². The summed E-state index contributed by atoms with van der Waals surface area (Å²) in [5.41, 5.74) is 0.0540. The smallest absolute Gasteiger partial charge is 0.341 e. The quantitative estimate of drug-likeness (QED) is 0.850. The molecule has 1 saturated heterocycles. The van der Waals surface area contributed by atoms with Gasteiger partial charge in [-0.05, 0) is 32.0 Å². The Bertz CT molecular complexity index is 445. The van der Waals surface area contributed by atoms with Gasteiger partial charge in [-0.1, -0.05) is 11.6 Å². The summed E-state index contributed by atoms with van der Waals surface area (Å²) in [6.45, 7) is 1.88. The molecule has 0 radical (unpaired) electrons. The summed E-state index contributed by atoms with van der Waals surface area (Å²) >= 11 is 5.77. The van der Waals surface area contributed by atoms with Crippen molar-refractivity contribution >= 4 is 17.6 Å². The van der Waals surface area contributed by atoms with E-state index in [9.17, 15) is 4.79 Å². The van der Waals surface area contributed by atoms with Crippen LogP contribution in [0.3, 0.4) is 0 Å². The first-order valence-electron chi connectivity index (χ1n) is 5.81. The Morgan fingerprint density at radius 3 is 2.78 bits per heavy atom. The maximum atomic E-state index is 11.1. The molecule has 1 aromatic rings. The summed E-state index contributed by atoms with van der Waals surface area (Å²) in [5.74, 6) is -0.938. The lowest BCUT2D eigenvalue weighted by molar-refractivity contribution is 0.0677. The van der Waals surface area contributed by atoms with Crippen molar-refractivity contribution in [3.8, 4) is 5.88 Å². The molecule has 2 rings (SSSR count). The Kier molecular flexibility index (Phi) is 4.04. The van der Waals surface area contributed by atoms with Crippen molar-refractivity contribution in [2.75, 3.05) is 20.1 Å². The highest BCUT2D eigenvalue weighted by Crippen LogP contribution is 2.23. The number of carboxylic acids is 1. The number of likely N-dealkylation sites (tertiary alicyclic amines) is 1. The van der Waals surface area contributed by atoms with Crippen LogP contribution in [-0.4, -0.2) is 47.2 Å². The van der Waals surface area contributed by atoms with Crippen molar-refractivity contribution in [2.45, 2.75) is 18.9 Å². The maximum absolute atomic E-state index is 11.1. The molecular weight excluding hydrogens is 256 g/mol. The van der Waals surface area contributed by atoms with Crippen LogP contribution in [0.5, 0.6) is 5.88 Å². The van der Waals surface area contributed by atoms with Gasteiger partial charge in [0.25, 0.3) is 0 Å². The Balaban J connectivity index is 2.12. The maximum Gasteiger partial charge on any atom is 0.341 e. The second kappa shape index (κ2) is 5.54. The highest BCUT2D eigenvalue weighted by Gasteiger charge is 2.21. The third-order valence-corrected chi connectivity index (χ3v) is 3.21. The highest BCUT2D eigenvalue weighted by molar-refractivity contribution is 6.29. The van der Waals surface area contributed by atoms with E-state index in [0.717, 1.165) is 25.9 Å². The molecule has 0 aliphatic carbocycles. The topological polar surface area (TPSA) is 62.7 Å². The van der Waals surface area contributed by atoms with Gasteiger partial charge in [0.1, 0.15) is 16.8 Å². The SMILES string of the molecule is CN1CCC(Oc2nc(Cl)ccc2C(=O)O)CC1. The number of hydrogen-bond donors (Lipinski definition) is 1. The van der Waals surface area contributed by atoms with Crippen molar-refractivity contribution in [1.29, 1.82) is 0 Å². The minimum absolute atomic E-state index is 0.00488. The van der Waals surface area contributed by atoms with Crippen LogP contribution in [0.2, 0.25) is 5.15 Å². The lowest BCUT2D eigenvalue weighted by atomic mass is 10.1. The van der Waals surface area contributed by atoms with Crippen LogP contribution in [-0.2, 0) is 0 Å². The second-order valence-electron chi connectivity index (χ2n) is 4.41. The second-order valence-corrected chi connectivity index (χ2v) is 4.80. The first-order valence-corrected chi connectivity index (χ1v) is 6.19. The highest BCUT2D eigenvalue weighted by atomic mass is 35.5. The lowest BCUT2D eigenvalue weighted by Gasteiger charge is -2.29. The summed E-state index contributed by atoms with van der Waals surface area (Å²) in [7, 11) is 2.05. The van der Waals surface area contributed by atoms with Gasteiger partial charge in [-0.3, -0.25) is 0 Å². The van der Waals surface area contributed by atoms with Gasteiger partial charge in [0.15, 0.2) is 0 Å².